The van der Waals surface area contributed by atoms with Crippen LogP contribution in [-0.2, 0) is 0 Å². The van der Waals surface area contributed by atoms with E-state index in [2.05, 4.69) is 10.2 Å². The SMILES string of the molecule is O=C(NCCCN1CCC(O)CC1)c1ccc(-c2ccccc2F)o1. The lowest BCUT2D eigenvalue weighted by atomic mass is 10.1. The molecule has 2 heterocycles. The summed E-state index contributed by atoms with van der Waals surface area (Å²) in [5, 5.41) is 12.3. The maximum absolute atomic E-state index is 13.8. The summed E-state index contributed by atoms with van der Waals surface area (Å²) in [6.45, 7) is 3.25. The predicted molar refractivity (Wildman–Crippen MR) is 92.7 cm³/mol. The van der Waals surface area contributed by atoms with Gasteiger partial charge in [0.25, 0.3) is 5.91 Å². The molecule has 1 fully saturated rings. The van der Waals surface area contributed by atoms with Crippen molar-refractivity contribution < 1.29 is 18.7 Å². The van der Waals surface area contributed by atoms with Gasteiger partial charge in [-0.2, -0.15) is 0 Å². The van der Waals surface area contributed by atoms with Crippen LogP contribution in [0.1, 0.15) is 29.8 Å². The van der Waals surface area contributed by atoms with Gasteiger partial charge in [-0.3, -0.25) is 4.79 Å². The molecule has 6 heteroatoms. The molecule has 0 radical (unpaired) electrons. The first-order valence-electron chi connectivity index (χ1n) is 8.67. The lowest BCUT2D eigenvalue weighted by molar-refractivity contribution is 0.0814. The molecule has 1 aliphatic rings. The molecule has 1 amide bonds. The average Bonchev–Trinajstić information content (AvgIpc) is 3.10. The molecule has 0 atom stereocenters. The molecule has 3 rings (SSSR count). The molecule has 1 aromatic carbocycles. The Kier molecular flexibility index (Phi) is 5.83. The number of halogens is 1. The summed E-state index contributed by atoms with van der Waals surface area (Å²) in [4.78, 5) is 14.4. The van der Waals surface area contributed by atoms with Crippen LogP contribution in [-0.4, -0.2) is 48.2 Å². The lowest BCUT2D eigenvalue weighted by Gasteiger charge is -2.29. The Morgan fingerprint density at radius 3 is 2.76 bits per heavy atom. The fourth-order valence-corrected chi connectivity index (χ4v) is 3.00. The Morgan fingerprint density at radius 1 is 1.24 bits per heavy atom. The van der Waals surface area contributed by atoms with Crippen LogP contribution in [0, 0.1) is 5.82 Å². The van der Waals surface area contributed by atoms with E-state index in [1.165, 1.54) is 6.07 Å². The topological polar surface area (TPSA) is 65.7 Å². The van der Waals surface area contributed by atoms with Crippen LogP contribution in [0.2, 0.25) is 0 Å². The summed E-state index contributed by atoms with van der Waals surface area (Å²) in [5.74, 6) is -0.151. The summed E-state index contributed by atoms with van der Waals surface area (Å²) in [7, 11) is 0. The Labute approximate surface area is 146 Å². The third-order valence-corrected chi connectivity index (χ3v) is 4.46. The highest BCUT2D eigenvalue weighted by Gasteiger charge is 2.17. The molecule has 1 aromatic heterocycles. The number of furan rings is 1. The minimum atomic E-state index is -0.379. The third kappa shape index (κ3) is 4.67. The van der Waals surface area contributed by atoms with Crippen molar-refractivity contribution in [1.82, 2.24) is 10.2 Å². The molecule has 134 valence electrons. The fraction of sp³-hybridized carbons (Fsp3) is 0.421. The van der Waals surface area contributed by atoms with Gasteiger partial charge in [0.2, 0.25) is 0 Å². The number of hydrogen-bond acceptors (Lipinski definition) is 4. The van der Waals surface area contributed by atoms with E-state index >= 15 is 0 Å². The number of aliphatic hydroxyl groups is 1. The van der Waals surface area contributed by atoms with Crippen LogP contribution in [0.4, 0.5) is 4.39 Å². The van der Waals surface area contributed by atoms with Crippen LogP contribution >= 0.6 is 0 Å². The van der Waals surface area contributed by atoms with Gasteiger partial charge in [0, 0.05) is 19.6 Å². The van der Waals surface area contributed by atoms with Crippen molar-refractivity contribution in [2.75, 3.05) is 26.2 Å². The molecule has 2 N–H and O–H groups in total. The molecule has 0 bridgehead atoms. The molecule has 0 aliphatic carbocycles. The van der Waals surface area contributed by atoms with Gasteiger partial charge in [0.15, 0.2) is 5.76 Å². The highest BCUT2D eigenvalue weighted by molar-refractivity contribution is 5.92. The number of carbonyl (C=O) groups is 1. The number of aliphatic hydroxyl groups excluding tert-OH is 1. The van der Waals surface area contributed by atoms with Gasteiger partial charge in [-0.15, -0.1) is 0 Å². The summed E-state index contributed by atoms with van der Waals surface area (Å²) < 4.78 is 19.2. The molecule has 0 spiro atoms. The number of benzene rings is 1. The number of nitrogens with zero attached hydrogens (tertiary/aromatic N) is 1. The zero-order chi connectivity index (χ0) is 17.6. The molecule has 5 nitrogen and oxygen atoms in total. The maximum Gasteiger partial charge on any atom is 0.287 e. The van der Waals surface area contributed by atoms with Crippen molar-refractivity contribution in [3.63, 3.8) is 0 Å². The van der Waals surface area contributed by atoms with Gasteiger partial charge in [-0.1, -0.05) is 12.1 Å². The van der Waals surface area contributed by atoms with E-state index in [1.807, 2.05) is 0 Å². The summed E-state index contributed by atoms with van der Waals surface area (Å²) in [6, 6.07) is 9.47. The first-order valence-corrected chi connectivity index (χ1v) is 8.67. The Balaban J connectivity index is 1.45. The molecule has 1 saturated heterocycles. The highest BCUT2D eigenvalue weighted by Crippen LogP contribution is 2.24. The second-order valence-electron chi connectivity index (χ2n) is 6.33. The summed E-state index contributed by atoms with van der Waals surface area (Å²) in [5.41, 5.74) is 0.342. The molecule has 2 aromatic rings. The number of hydrogen-bond donors (Lipinski definition) is 2. The maximum atomic E-state index is 13.8. The molecule has 25 heavy (non-hydrogen) atoms. The number of amides is 1. The fourth-order valence-electron chi connectivity index (χ4n) is 3.00. The average molecular weight is 346 g/mol. The van der Waals surface area contributed by atoms with Crippen molar-refractivity contribution in [1.29, 1.82) is 0 Å². The van der Waals surface area contributed by atoms with Crippen LogP contribution < -0.4 is 5.32 Å². The van der Waals surface area contributed by atoms with E-state index in [1.54, 1.807) is 30.3 Å². The minimum absolute atomic E-state index is 0.168. The van der Waals surface area contributed by atoms with E-state index in [9.17, 15) is 14.3 Å². The first kappa shape index (κ1) is 17.6. The van der Waals surface area contributed by atoms with E-state index < -0.39 is 0 Å². The van der Waals surface area contributed by atoms with Gasteiger partial charge < -0.3 is 19.7 Å². The lowest BCUT2D eigenvalue weighted by Crippen LogP contribution is -2.37. The van der Waals surface area contributed by atoms with Crippen LogP contribution in [0.5, 0.6) is 0 Å². The monoisotopic (exact) mass is 346 g/mol. The van der Waals surface area contributed by atoms with Gasteiger partial charge >= 0.3 is 0 Å². The van der Waals surface area contributed by atoms with Gasteiger partial charge in [0.05, 0.1) is 11.7 Å². The van der Waals surface area contributed by atoms with E-state index in [0.717, 1.165) is 38.9 Å². The van der Waals surface area contributed by atoms with Crippen molar-refractivity contribution in [3.05, 3.63) is 48.0 Å². The smallest absolute Gasteiger partial charge is 0.287 e. The Morgan fingerprint density at radius 2 is 2.00 bits per heavy atom. The Hall–Kier alpha value is -2.18. The number of rotatable bonds is 6. The zero-order valence-corrected chi connectivity index (χ0v) is 14.1. The second kappa shape index (κ2) is 8.27. The quantitative estimate of drug-likeness (QED) is 0.789. The zero-order valence-electron chi connectivity index (χ0n) is 14.1. The number of likely N-dealkylation sites (tertiary alicyclic amines) is 1. The van der Waals surface area contributed by atoms with Crippen molar-refractivity contribution in [2.24, 2.45) is 0 Å². The number of nitrogens with one attached hydrogen (secondary N) is 1. The largest absolute Gasteiger partial charge is 0.451 e. The number of carbonyl (C=O) groups excluding carboxylic acids is 1. The minimum Gasteiger partial charge on any atom is -0.451 e. The second-order valence-corrected chi connectivity index (χ2v) is 6.33. The molecule has 0 saturated carbocycles. The highest BCUT2D eigenvalue weighted by atomic mass is 19.1. The molecular weight excluding hydrogens is 323 g/mol. The normalized spacial score (nSPS) is 16.1. The molecular formula is C19H23FN2O3. The Bertz CT molecular complexity index is 708. The van der Waals surface area contributed by atoms with Crippen LogP contribution in [0.3, 0.4) is 0 Å². The first-order chi connectivity index (χ1) is 12.1. The summed E-state index contributed by atoms with van der Waals surface area (Å²) in [6.07, 6.45) is 2.30. The van der Waals surface area contributed by atoms with Crippen molar-refractivity contribution >= 4 is 5.91 Å². The predicted octanol–water partition coefficient (Wildman–Crippen LogP) is 2.66. The van der Waals surface area contributed by atoms with E-state index in [0.29, 0.717) is 17.9 Å². The van der Waals surface area contributed by atoms with Gasteiger partial charge in [-0.25, -0.2) is 4.39 Å². The van der Waals surface area contributed by atoms with Crippen LogP contribution in [0.25, 0.3) is 11.3 Å². The third-order valence-electron chi connectivity index (χ3n) is 4.46. The van der Waals surface area contributed by atoms with Gasteiger partial charge in [-0.05, 0) is 50.1 Å². The molecule has 0 unspecified atom stereocenters. The van der Waals surface area contributed by atoms with Crippen LogP contribution in [0.15, 0.2) is 40.8 Å². The number of piperidine rings is 1. The van der Waals surface area contributed by atoms with E-state index in [4.69, 9.17) is 4.42 Å². The van der Waals surface area contributed by atoms with E-state index in [-0.39, 0.29) is 23.6 Å². The molecule has 1 aliphatic heterocycles. The van der Waals surface area contributed by atoms with Gasteiger partial charge in [0.1, 0.15) is 11.6 Å². The van der Waals surface area contributed by atoms with Crippen molar-refractivity contribution in [2.45, 2.75) is 25.4 Å². The summed E-state index contributed by atoms with van der Waals surface area (Å²) >= 11 is 0. The standard InChI is InChI=1S/C19H23FN2O3/c20-16-5-2-1-4-15(16)17-6-7-18(25-17)19(24)21-10-3-11-22-12-8-14(23)9-13-22/h1-2,4-7,14,23H,3,8-13H2,(H,21,24). The van der Waals surface area contributed by atoms with Crippen molar-refractivity contribution in [3.8, 4) is 11.3 Å².